The Balaban J connectivity index is 1.96. The van der Waals surface area contributed by atoms with E-state index >= 15 is 0 Å². The fourth-order valence-electron chi connectivity index (χ4n) is 3.29. The van der Waals surface area contributed by atoms with Crippen LogP contribution in [0.2, 0.25) is 0 Å². The molecule has 2 unspecified atom stereocenters. The highest BCUT2D eigenvalue weighted by atomic mass is 19.1. The number of ether oxygens (including phenoxy) is 1. The van der Waals surface area contributed by atoms with E-state index < -0.39 is 5.54 Å². The van der Waals surface area contributed by atoms with Gasteiger partial charge in [0.1, 0.15) is 17.1 Å². The van der Waals surface area contributed by atoms with E-state index in [2.05, 4.69) is 5.32 Å². The van der Waals surface area contributed by atoms with E-state index in [0.29, 0.717) is 12.4 Å². The lowest BCUT2D eigenvalue weighted by Crippen LogP contribution is -2.56. The van der Waals surface area contributed by atoms with E-state index in [1.54, 1.807) is 13.1 Å². The first-order chi connectivity index (χ1) is 9.99. The van der Waals surface area contributed by atoms with Crippen LogP contribution >= 0.6 is 0 Å². The van der Waals surface area contributed by atoms with E-state index in [4.69, 9.17) is 10.5 Å². The Bertz CT molecular complexity index is 521. The number of carbonyl (C=O) groups is 1. The van der Waals surface area contributed by atoms with Crippen molar-refractivity contribution in [2.24, 2.45) is 11.7 Å². The quantitative estimate of drug-likeness (QED) is 0.845. The summed E-state index contributed by atoms with van der Waals surface area (Å²) in [5, 5.41) is 3.11. The third kappa shape index (κ3) is 3.18. The average Bonchev–Trinajstić information content (AvgIpc) is 2.87. The van der Waals surface area contributed by atoms with Gasteiger partial charge in [0.2, 0.25) is 5.91 Å². The van der Waals surface area contributed by atoms with Crippen molar-refractivity contribution in [3.8, 4) is 5.75 Å². The number of carbonyl (C=O) groups excluding carboxylic acids is 1. The van der Waals surface area contributed by atoms with Crippen LogP contribution in [0.25, 0.3) is 0 Å². The van der Waals surface area contributed by atoms with Gasteiger partial charge in [-0.2, -0.15) is 0 Å². The molecule has 116 valence electrons. The summed E-state index contributed by atoms with van der Waals surface area (Å²) in [6.07, 6.45) is 3.42. The maximum Gasteiger partial charge on any atom is 0.238 e. The minimum atomic E-state index is -0.625. The summed E-state index contributed by atoms with van der Waals surface area (Å²) in [7, 11) is 1.78. The maximum absolute atomic E-state index is 13.2. The minimum absolute atomic E-state index is 0.161. The van der Waals surface area contributed by atoms with E-state index in [0.717, 1.165) is 31.2 Å². The van der Waals surface area contributed by atoms with Crippen molar-refractivity contribution < 1.29 is 13.9 Å². The standard InChI is InChI=1S/C16H23FN2O2/c1-11-5-6-13(17)10-14(11)21-9-7-12-4-3-8-16(12,19-2)15(18)20/h5-6,10,12,19H,3-4,7-9H2,1-2H3,(H2,18,20). The Morgan fingerprint density at radius 1 is 1.57 bits per heavy atom. The zero-order chi connectivity index (χ0) is 15.5. The minimum Gasteiger partial charge on any atom is -0.493 e. The van der Waals surface area contributed by atoms with Crippen molar-refractivity contribution in [3.63, 3.8) is 0 Å². The van der Waals surface area contributed by atoms with Gasteiger partial charge < -0.3 is 15.8 Å². The molecular formula is C16H23FN2O2. The van der Waals surface area contributed by atoms with Gasteiger partial charge in [-0.25, -0.2) is 4.39 Å². The van der Waals surface area contributed by atoms with Gasteiger partial charge in [-0.3, -0.25) is 4.79 Å². The zero-order valence-corrected chi connectivity index (χ0v) is 12.6. The molecule has 2 rings (SSSR count). The van der Waals surface area contributed by atoms with Crippen LogP contribution in [-0.2, 0) is 4.79 Å². The van der Waals surface area contributed by atoms with Crippen molar-refractivity contribution >= 4 is 5.91 Å². The van der Waals surface area contributed by atoms with Crippen LogP contribution in [0.5, 0.6) is 5.75 Å². The fraction of sp³-hybridized carbons (Fsp3) is 0.562. The lowest BCUT2D eigenvalue weighted by atomic mass is 9.84. The van der Waals surface area contributed by atoms with E-state index in [9.17, 15) is 9.18 Å². The van der Waals surface area contributed by atoms with Crippen LogP contribution < -0.4 is 15.8 Å². The van der Waals surface area contributed by atoms with Gasteiger partial charge in [-0.05, 0) is 50.8 Å². The molecule has 3 N–H and O–H groups in total. The van der Waals surface area contributed by atoms with Crippen molar-refractivity contribution in [1.29, 1.82) is 0 Å². The molecule has 1 aliphatic carbocycles. The number of nitrogens with one attached hydrogen (secondary N) is 1. The Morgan fingerprint density at radius 2 is 2.33 bits per heavy atom. The van der Waals surface area contributed by atoms with Crippen LogP contribution in [-0.4, -0.2) is 25.1 Å². The van der Waals surface area contributed by atoms with Gasteiger partial charge in [-0.1, -0.05) is 12.5 Å². The van der Waals surface area contributed by atoms with Crippen molar-refractivity contribution in [2.45, 2.75) is 38.1 Å². The first-order valence-electron chi connectivity index (χ1n) is 7.37. The molecule has 0 radical (unpaired) electrons. The molecule has 0 saturated heterocycles. The first kappa shape index (κ1) is 15.8. The van der Waals surface area contributed by atoms with E-state index in [-0.39, 0.29) is 17.6 Å². The van der Waals surface area contributed by atoms with E-state index in [1.807, 2.05) is 6.92 Å². The molecule has 1 aromatic rings. The Hall–Kier alpha value is -1.62. The predicted octanol–water partition coefficient (Wildman–Crippen LogP) is 2.15. The molecule has 0 spiro atoms. The van der Waals surface area contributed by atoms with E-state index in [1.165, 1.54) is 12.1 Å². The molecule has 5 heteroatoms. The molecule has 0 aliphatic heterocycles. The number of primary amides is 1. The lowest BCUT2D eigenvalue weighted by Gasteiger charge is -2.32. The summed E-state index contributed by atoms with van der Waals surface area (Å²) in [5.74, 6) is 0.114. The highest BCUT2D eigenvalue weighted by Gasteiger charge is 2.46. The number of hydrogen-bond donors (Lipinski definition) is 2. The normalized spacial score (nSPS) is 25.0. The van der Waals surface area contributed by atoms with Gasteiger partial charge in [0.25, 0.3) is 0 Å². The number of hydrogen-bond acceptors (Lipinski definition) is 3. The molecule has 1 amide bonds. The topological polar surface area (TPSA) is 64.3 Å². The number of likely N-dealkylation sites (N-methyl/N-ethyl adjacent to an activating group) is 1. The molecule has 0 bridgehead atoms. The van der Waals surface area contributed by atoms with Gasteiger partial charge in [0, 0.05) is 6.07 Å². The second kappa shape index (κ2) is 6.43. The second-order valence-corrected chi connectivity index (χ2v) is 5.72. The smallest absolute Gasteiger partial charge is 0.238 e. The number of aryl methyl sites for hydroxylation is 1. The Labute approximate surface area is 124 Å². The molecule has 0 heterocycles. The van der Waals surface area contributed by atoms with Crippen molar-refractivity contribution in [1.82, 2.24) is 5.32 Å². The fourth-order valence-corrected chi connectivity index (χ4v) is 3.29. The summed E-state index contributed by atoms with van der Waals surface area (Å²) in [4.78, 5) is 11.8. The molecule has 1 saturated carbocycles. The van der Waals surface area contributed by atoms with Crippen LogP contribution in [0.3, 0.4) is 0 Å². The van der Waals surface area contributed by atoms with Crippen molar-refractivity contribution in [2.75, 3.05) is 13.7 Å². The van der Waals surface area contributed by atoms with Crippen molar-refractivity contribution in [3.05, 3.63) is 29.6 Å². The molecule has 1 aromatic carbocycles. The third-order valence-electron chi connectivity index (χ3n) is 4.58. The molecule has 2 atom stereocenters. The molecule has 21 heavy (non-hydrogen) atoms. The number of benzene rings is 1. The molecular weight excluding hydrogens is 271 g/mol. The van der Waals surface area contributed by atoms with Crippen LogP contribution in [0, 0.1) is 18.7 Å². The molecule has 1 aliphatic rings. The molecule has 0 aromatic heterocycles. The summed E-state index contributed by atoms with van der Waals surface area (Å²) in [5.41, 5.74) is 5.84. The Kier molecular flexibility index (Phi) is 4.83. The Morgan fingerprint density at radius 3 is 3.00 bits per heavy atom. The van der Waals surface area contributed by atoms with Gasteiger partial charge in [0.05, 0.1) is 6.61 Å². The number of halogens is 1. The van der Waals surface area contributed by atoms with Crippen LogP contribution in [0.4, 0.5) is 4.39 Å². The SMILES string of the molecule is CNC1(C(N)=O)CCCC1CCOc1cc(F)ccc1C. The number of amides is 1. The lowest BCUT2D eigenvalue weighted by molar-refractivity contribution is -0.125. The second-order valence-electron chi connectivity index (χ2n) is 5.72. The van der Waals surface area contributed by atoms with Gasteiger partial charge >= 0.3 is 0 Å². The first-order valence-corrected chi connectivity index (χ1v) is 7.37. The number of rotatable bonds is 6. The number of nitrogens with two attached hydrogens (primary N) is 1. The molecule has 1 fully saturated rings. The monoisotopic (exact) mass is 294 g/mol. The average molecular weight is 294 g/mol. The summed E-state index contributed by atoms with van der Waals surface area (Å²) >= 11 is 0. The van der Waals surface area contributed by atoms with Crippen LogP contribution in [0.15, 0.2) is 18.2 Å². The molecule has 4 nitrogen and oxygen atoms in total. The maximum atomic E-state index is 13.2. The highest BCUT2D eigenvalue weighted by Crippen LogP contribution is 2.37. The largest absolute Gasteiger partial charge is 0.493 e. The summed E-state index contributed by atoms with van der Waals surface area (Å²) in [6.45, 7) is 2.33. The summed E-state index contributed by atoms with van der Waals surface area (Å²) in [6, 6.07) is 4.50. The zero-order valence-electron chi connectivity index (χ0n) is 12.6. The highest BCUT2D eigenvalue weighted by molar-refractivity contribution is 5.85. The van der Waals surface area contributed by atoms with Gasteiger partial charge in [-0.15, -0.1) is 0 Å². The predicted molar refractivity (Wildman–Crippen MR) is 79.6 cm³/mol. The summed E-state index contributed by atoms with van der Waals surface area (Å²) < 4.78 is 18.9. The van der Waals surface area contributed by atoms with Gasteiger partial charge in [0.15, 0.2) is 0 Å². The third-order valence-corrected chi connectivity index (χ3v) is 4.58. The van der Waals surface area contributed by atoms with Crippen LogP contribution in [0.1, 0.15) is 31.2 Å².